The number of esters is 1. The van der Waals surface area contributed by atoms with Crippen LogP contribution in [0, 0.1) is 22.7 Å². The lowest BCUT2D eigenvalue weighted by molar-refractivity contribution is -0.154. The van der Waals surface area contributed by atoms with Crippen LogP contribution in [-0.2, 0) is 9.53 Å². The monoisotopic (exact) mass is 392 g/mol. The zero-order valence-corrected chi connectivity index (χ0v) is 17.7. The summed E-state index contributed by atoms with van der Waals surface area (Å²) in [5, 5.41) is 2.34. The average molecular weight is 393 g/mol. The number of cyclic esters (lactones) is 1. The highest BCUT2D eigenvalue weighted by Crippen LogP contribution is 2.60. The van der Waals surface area contributed by atoms with Gasteiger partial charge in [-0.2, -0.15) is 0 Å². The van der Waals surface area contributed by atoms with E-state index in [2.05, 4.69) is 38.1 Å². The minimum Gasteiger partial charge on any atom is -0.454 e. The lowest BCUT2D eigenvalue weighted by Crippen LogP contribution is -2.46. The number of hydrogen-bond acceptors (Lipinski definition) is 3. The van der Waals surface area contributed by atoms with Gasteiger partial charge in [0.1, 0.15) is 5.75 Å². The maximum absolute atomic E-state index is 12.6. The molecule has 0 radical (unpaired) electrons. The summed E-state index contributed by atoms with van der Waals surface area (Å²) < 4.78 is 12.1. The molecule has 1 saturated heterocycles. The van der Waals surface area contributed by atoms with Crippen molar-refractivity contribution in [2.75, 3.05) is 0 Å². The van der Waals surface area contributed by atoms with E-state index in [1.54, 1.807) is 0 Å². The van der Waals surface area contributed by atoms with E-state index in [9.17, 15) is 4.79 Å². The summed E-state index contributed by atoms with van der Waals surface area (Å²) in [5.74, 6) is 0.891. The number of hydrogen-bond donors (Lipinski definition) is 0. The minimum atomic E-state index is -0.458. The maximum atomic E-state index is 12.6. The molecule has 3 aliphatic rings. The van der Waals surface area contributed by atoms with Crippen molar-refractivity contribution in [3.63, 3.8) is 0 Å². The van der Waals surface area contributed by atoms with E-state index in [-0.39, 0.29) is 23.2 Å². The highest BCUT2D eigenvalue weighted by molar-refractivity contribution is 5.83. The Kier molecular flexibility index (Phi) is 4.60. The number of carbonyl (C=O) groups excluding carboxylic acids is 1. The van der Waals surface area contributed by atoms with Gasteiger partial charge in [-0.3, -0.25) is 4.79 Å². The van der Waals surface area contributed by atoms with Crippen LogP contribution in [0.5, 0.6) is 5.75 Å². The topological polar surface area (TPSA) is 35.5 Å². The van der Waals surface area contributed by atoms with Crippen LogP contribution in [0.4, 0.5) is 0 Å². The molecule has 3 heteroatoms. The Labute approximate surface area is 173 Å². The maximum Gasteiger partial charge on any atom is 0.312 e. The Hall–Kier alpha value is -2.03. The molecule has 3 fully saturated rings. The molecule has 154 valence electrons. The fraction of sp³-hybridized carbons (Fsp3) is 0.577. The van der Waals surface area contributed by atoms with Gasteiger partial charge in [-0.15, -0.1) is 0 Å². The van der Waals surface area contributed by atoms with Crippen molar-refractivity contribution in [2.45, 2.75) is 71.5 Å². The normalized spacial score (nSPS) is 33.9. The first-order chi connectivity index (χ1) is 14.0. The first-order valence-electron chi connectivity index (χ1n) is 11.3. The minimum absolute atomic E-state index is 0.000668. The largest absolute Gasteiger partial charge is 0.454 e. The first-order valence-corrected chi connectivity index (χ1v) is 11.3. The molecule has 2 aromatic rings. The zero-order valence-electron chi connectivity index (χ0n) is 17.7. The molecule has 0 bridgehead atoms. The van der Waals surface area contributed by atoms with Gasteiger partial charge in [0.25, 0.3) is 0 Å². The fourth-order valence-corrected chi connectivity index (χ4v) is 6.29. The molecule has 2 aromatic carbocycles. The molecule has 29 heavy (non-hydrogen) atoms. The highest BCUT2D eigenvalue weighted by Gasteiger charge is 2.56. The lowest BCUT2D eigenvalue weighted by Gasteiger charge is -2.53. The molecule has 1 aliphatic heterocycles. The molecule has 5 rings (SSSR count). The van der Waals surface area contributed by atoms with Crippen molar-refractivity contribution < 1.29 is 14.3 Å². The van der Waals surface area contributed by atoms with Crippen molar-refractivity contribution in [3.05, 3.63) is 42.5 Å². The van der Waals surface area contributed by atoms with Crippen molar-refractivity contribution in [3.8, 4) is 5.75 Å². The van der Waals surface area contributed by atoms with Gasteiger partial charge in [0.2, 0.25) is 6.29 Å². The van der Waals surface area contributed by atoms with E-state index in [0.717, 1.165) is 30.4 Å². The molecule has 1 unspecified atom stereocenters. The molecule has 2 saturated carbocycles. The van der Waals surface area contributed by atoms with Gasteiger partial charge >= 0.3 is 5.97 Å². The summed E-state index contributed by atoms with van der Waals surface area (Å²) >= 11 is 0. The van der Waals surface area contributed by atoms with Crippen LogP contribution < -0.4 is 4.74 Å². The van der Waals surface area contributed by atoms with Crippen molar-refractivity contribution >= 4 is 16.7 Å². The third-order valence-electron chi connectivity index (χ3n) is 8.48. The Morgan fingerprint density at radius 3 is 2.48 bits per heavy atom. The molecular formula is C26H32O3. The lowest BCUT2D eigenvalue weighted by atomic mass is 9.51. The van der Waals surface area contributed by atoms with Crippen LogP contribution in [0.15, 0.2) is 42.5 Å². The van der Waals surface area contributed by atoms with Gasteiger partial charge in [-0.25, -0.2) is 0 Å². The van der Waals surface area contributed by atoms with Gasteiger partial charge in [-0.1, -0.05) is 63.4 Å². The van der Waals surface area contributed by atoms with Gasteiger partial charge < -0.3 is 9.47 Å². The Morgan fingerprint density at radius 2 is 1.69 bits per heavy atom. The third-order valence-corrected chi connectivity index (χ3v) is 8.48. The van der Waals surface area contributed by atoms with Crippen LogP contribution in [0.2, 0.25) is 0 Å². The van der Waals surface area contributed by atoms with Crippen LogP contribution in [0.25, 0.3) is 10.8 Å². The predicted molar refractivity (Wildman–Crippen MR) is 115 cm³/mol. The molecule has 1 heterocycles. The summed E-state index contributed by atoms with van der Waals surface area (Å²) in [7, 11) is 0. The Bertz CT molecular complexity index is 913. The van der Waals surface area contributed by atoms with Crippen molar-refractivity contribution in [2.24, 2.45) is 22.7 Å². The number of ether oxygens (including phenoxy) is 2. The fourth-order valence-electron chi connectivity index (χ4n) is 6.29. The van der Waals surface area contributed by atoms with Gasteiger partial charge in [-0.05, 0) is 65.8 Å². The second-order valence-electron chi connectivity index (χ2n) is 10.1. The van der Waals surface area contributed by atoms with E-state index < -0.39 is 6.29 Å². The SMILES string of the molecule is CC1(C2(C)CC[C@@H]3C(=O)O[C@@H](Oc4ccc5ccccc5c4)[C@@H]3C2)CCCCC1. The number of rotatable bonds is 3. The predicted octanol–water partition coefficient (Wildman–Crippen LogP) is 6.49. The van der Waals surface area contributed by atoms with E-state index in [1.807, 2.05) is 18.2 Å². The van der Waals surface area contributed by atoms with Gasteiger partial charge in [0.05, 0.1) is 5.92 Å². The highest BCUT2D eigenvalue weighted by atomic mass is 16.7. The molecule has 0 aromatic heterocycles. The number of benzene rings is 2. The molecular weight excluding hydrogens is 360 g/mol. The van der Waals surface area contributed by atoms with E-state index >= 15 is 0 Å². The van der Waals surface area contributed by atoms with Gasteiger partial charge in [0, 0.05) is 5.92 Å². The van der Waals surface area contributed by atoms with Gasteiger partial charge in [0.15, 0.2) is 0 Å². The number of fused-ring (bicyclic) bond motifs is 2. The molecule has 2 aliphatic carbocycles. The average Bonchev–Trinajstić information content (AvgIpc) is 3.03. The smallest absolute Gasteiger partial charge is 0.312 e. The van der Waals surface area contributed by atoms with Crippen LogP contribution >= 0.6 is 0 Å². The summed E-state index contributed by atoms with van der Waals surface area (Å²) in [6, 6.07) is 14.4. The second kappa shape index (κ2) is 7.04. The molecule has 0 amide bonds. The molecule has 0 spiro atoms. The van der Waals surface area contributed by atoms with E-state index in [1.165, 1.54) is 37.5 Å². The van der Waals surface area contributed by atoms with E-state index in [4.69, 9.17) is 9.47 Å². The Morgan fingerprint density at radius 1 is 0.931 bits per heavy atom. The van der Waals surface area contributed by atoms with Crippen LogP contribution in [0.3, 0.4) is 0 Å². The van der Waals surface area contributed by atoms with Crippen molar-refractivity contribution in [1.29, 1.82) is 0 Å². The third kappa shape index (κ3) is 3.23. The first kappa shape index (κ1) is 19.0. The molecule has 0 N–H and O–H groups in total. The zero-order chi connectivity index (χ0) is 20.1. The molecule has 3 nitrogen and oxygen atoms in total. The van der Waals surface area contributed by atoms with Crippen LogP contribution in [0.1, 0.15) is 65.2 Å². The standard InChI is InChI=1S/C26H32O3/c1-25(13-6-3-7-14-25)26(2)15-12-21-22(17-26)24(29-23(21)27)28-20-11-10-18-8-4-5-9-19(18)16-20/h4-5,8-11,16,21-22,24H,3,6-7,12-15,17H2,1-2H3/t21-,22+,24+,26?/m0/s1. The second-order valence-corrected chi connectivity index (χ2v) is 10.1. The van der Waals surface area contributed by atoms with Crippen LogP contribution in [-0.4, -0.2) is 12.3 Å². The quantitative estimate of drug-likeness (QED) is 0.560. The number of carbonyl (C=O) groups is 1. The summed E-state index contributed by atoms with van der Waals surface area (Å²) in [4.78, 5) is 12.6. The summed E-state index contributed by atoms with van der Waals surface area (Å²) in [6.45, 7) is 4.95. The summed E-state index contributed by atoms with van der Waals surface area (Å²) in [6.07, 6.45) is 9.30. The molecule has 4 atom stereocenters. The summed E-state index contributed by atoms with van der Waals surface area (Å²) in [5.41, 5.74) is 0.628. The van der Waals surface area contributed by atoms with E-state index in [0.29, 0.717) is 5.41 Å². The van der Waals surface area contributed by atoms with Crippen molar-refractivity contribution in [1.82, 2.24) is 0 Å². The Balaban J connectivity index is 1.38.